The van der Waals surface area contributed by atoms with Crippen LogP contribution >= 0.6 is 11.8 Å². The van der Waals surface area contributed by atoms with E-state index >= 15 is 0 Å². The zero-order valence-electron chi connectivity index (χ0n) is 19.5. The number of nitrogens with zero attached hydrogens (tertiary/aromatic N) is 4. The van der Waals surface area contributed by atoms with Crippen LogP contribution in [0.3, 0.4) is 0 Å². The smallest absolute Gasteiger partial charge is 0.191 e. The molecule has 0 amide bonds. The molecule has 0 aliphatic heterocycles. The van der Waals surface area contributed by atoms with Crippen LogP contribution in [0.1, 0.15) is 70.3 Å². The summed E-state index contributed by atoms with van der Waals surface area (Å²) in [7, 11) is 0. The molecule has 2 aromatic rings. The lowest BCUT2D eigenvalue weighted by atomic mass is 9.85. The van der Waals surface area contributed by atoms with E-state index in [-0.39, 0.29) is 5.41 Å². The molecule has 1 heterocycles. The van der Waals surface area contributed by atoms with E-state index in [9.17, 15) is 0 Å². The first kappa shape index (κ1) is 23.6. The van der Waals surface area contributed by atoms with Crippen molar-refractivity contribution in [1.82, 2.24) is 25.4 Å². The number of aromatic nitrogens is 3. The van der Waals surface area contributed by atoms with E-state index in [1.165, 1.54) is 31.2 Å². The largest absolute Gasteiger partial charge is 0.357 e. The number of hydrogen-bond donors (Lipinski definition) is 2. The van der Waals surface area contributed by atoms with E-state index in [0.717, 1.165) is 49.4 Å². The number of rotatable bonds is 10. The van der Waals surface area contributed by atoms with Crippen molar-refractivity contribution in [2.24, 2.45) is 4.99 Å². The Balaban J connectivity index is 1.54. The van der Waals surface area contributed by atoms with Crippen molar-refractivity contribution in [3.63, 3.8) is 0 Å². The second kappa shape index (κ2) is 11.6. The average molecular weight is 443 g/mol. The third-order valence-electron chi connectivity index (χ3n) is 6.01. The van der Waals surface area contributed by atoms with Crippen LogP contribution in [-0.4, -0.2) is 46.6 Å². The summed E-state index contributed by atoms with van der Waals surface area (Å²) in [5, 5.41) is 16.9. The van der Waals surface area contributed by atoms with E-state index in [0.29, 0.717) is 6.04 Å². The lowest BCUT2D eigenvalue weighted by Crippen LogP contribution is -2.39. The normalized spacial score (nSPS) is 15.4. The van der Waals surface area contributed by atoms with Gasteiger partial charge >= 0.3 is 0 Å². The van der Waals surface area contributed by atoms with Crippen LogP contribution < -0.4 is 10.6 Å². The molecule has 1 saturated carbocycles. The zero-order valence-corrected chi connectivity index (χ0v) is 20.3. The maximum atomic E-state index is 4.86. The molecule has 0 bridgehead atoms. The minimum atomic E-state index is -0.00443. The average Bonchev–Trinajstić information content (AvgIpc) is 3.45. The maximum absolute atomic E-state index is 4.86. The number of guanidine groups is 1. The monoisotopic (exact) mass is 442 g/mol. The molecule has 0 unspecified atom stereocenters. The van der Waals surface area contributed by atoms with Crippen LogP contribution in [0.4, 0.5) is 0 Å². The van der Waals surface area contributed by atoms with Gasteiger partial charge in [-0.1, -0.05) is 68.8 Å². The lowest BCUT2D eigenvalue weighted by molar-refractivity contribution is 0.460. The SMILES string of the molecule is CCNC(=NCC(C)(C)c1ccccc1)NCCCc1nnc(SC)n1C1CCCC1. The van der Waals surface area contributed by atoms with E-state index in [1.54, 1.807) is 11.8 Å². The second-order valence-corrected chi connectivity index (χ2v) is 9.66. The molecule has 1 aliphatic rings. The predicted octanol–water partition coefficient (Wildman–Crippen LogP) is 4.58. The quantitative estimate of drug-likeness (QED) is 0.244. The molecule has 0 saturated heterocycles. The number of thioether (sulfide) groups is 1. The van der Waals surface area contributed by atoms with Gasteiger partial charge in [-0.15, -0.1) is 10.2 Å². The molecular formula is C24H38N6S. The van der Waals surface area contributed by atoms with Crippen molar-refractivity contribution in [2.75, 3.05) is 25.9 Å². The number of aliphatic imine (C=N–C) groups is 1. The second-order valence-electron chi connectivity index (χ2n) is 8.89. The van der Waals surface area contributed by atoms with Gasteiger partial charge in [0, 0.05) is 31.0 Å². The summed E-state index contributed by atoms with van der Waals surface area (Å²) in [6.45, 7) is 9.05. The number of benzene rings is 1. The van der Waals surface area contributed by atoms with Crippen molar-refractivity contribution in [1.29, 1.82) is 0 Å². The Morgan fingerprint density at radius 1 is 1.16 bits per heavy atom. The van der Waals surface area contributed by atoms with Gasteiger partial charge in [-0.3, -0.25) is 4.99 Å². The Morgan fingerprint density at radius 3 is 2.58 bits per heavy atom. The molecule has 2 N–H and O–H groups in total. The maximum Gasteiger partial charge on any atom is 0.191 e. The van der Waals surface area contributed by atoms with Crippen molar-refractivity contribution in [3.05, 3.63) is 41.7 Å². The molecule has 1 aromatic carbocycles. The van der Waals surface area contributed by atoms with Gasteiger partial charge in [0.15, 0.2) is 11.1 Å². The standard InChI is InChI=1S/C24H38N6S/c1-5-25-22(27-18-24(2,3)19-12-7-6-8-13-19)26-17-11-16-21-28-29-23(31-4)30(21)20-14-9-10-15-20/h6-8,12-13,20H,5,9-11,14-18H2,1-4H3,(H2,25,26,27). The van der Waals surface area contributed by atoms with E-state index in [1.807, 2.05) is 0 Å². The van der Waals surface area contributed by atoms with Crippen molar-refractivity contribution < 1.29 is 0 Å². The summed E-state index contributed by atoms with van der Waals surface area (Å²) in [6.07, 6.45) is 9.18. The molecule has 3 rings (SSSR count). The van der Waals surface area contributed by atoms with Gasteiger partial charge in [-0.05, 0) is 38.0 Å². The molecule has 6 nitrogen and oxygen atoms in total. The summed E-state index contributed by atoms with van der Waals surface area (Å²) >= 11 is 1.71. The fourth-order valence-electron chi connectivity index (χ4n) is 4.20. The summed E-state index contributed by atoms with van der Waals surface area (Å²) in [5.41, 5.74) is 1.31. The van der Waals surface area contributed by atoms with Crippen LogP contribution in [0.2, 0.25) is 0 Å². The van der Waals surface area contributed by atoms with Crippen LogP contribution in [0.25, 0.3) is 0 Å². The number of aryl methyl sites for hydroxylation is 1. The van der Waals surface area contributed by atoms with Gasteiger partial charge in [0.05, 0.1) is 6.54 Å². The van der Waals surface area contributed by atoms with Gasteiger partial charge in [0.2, 0.25) is 0 Å². The van der Waals surface area contributed by atoms with Crippen molar-refractivity contribution in [2.45, 2.75) is 75.9 Å². The van der Waals surface area contributed by atoms with Crippen molar-refractivity contribution >= 4 is 17.7 Å². The van der Waals surface area contributed by atoms with Crippen LogP contribution in [-0.2, 0) is 11.8 Å². The highest BCUT2D eigenvalue weighted by atomic mass is 32.2. The summed E-state index contributed by atoms with van der Waals surface area (Å²) < 4.78 is 2.40. The first-order valence-corrected chi connectivity index (χ1v) is 12.8. The van der Waals surface area contributed by atoms with Gasteiger partial charge in [0.1, 0.15) is 5.82 Å². The molecule has 170 valence electrons. The molecule has 0 radical (unpaired) electrons. The fraction of sp³-hybridized carbons (Fsp3) is 0.625. The van der Waals surface area contributed by atoms with Gasteiger partial charge in [0.25, 0.3) is 0 Å². The molecule has 1 aliphatic carbocycles. The van der Waals surface area contributed by atoms with Gasteiger partial charge < -0.3 is 15.2 Å². The summed E-state index contributed by atoms with van der Waals surface area (Å²) in [6, 6.07) is 11.2. The van der Waals surface area contributed by atoms with E-state index < -0.39 is 0 Å². The third kappa shape index (κ3) is 6.48. The first-order chi connectivity index (χ1) is 15.0. The highest BCUT2D eigenvalue weighted by molar-refractivity contribution is 7.98. The Hall–Kier alpha value is -2.02. The van der Waals surface area contributed by atoms with Gasteiger partial charge in [-0.25, -0.2) is 0 Å². The van der Waals surface area contributed by atoms with Crippen LogP contribution in [0, 0.1) is 0 Å². The van der Waals surface area contributed by atoms with Crippen molar-refractivity contribution in [3.8, 4) is 0 Å². The molecule has 7 heteroatoms. The molecular weight excluding hydrogens is 404 g/mol. The third-order valence-corrected chi connectivity index (χ3v) is 6.65. The zero-order chi connectivity index (χ0) is 22.1. The Morgan fingerprint density at radius 2 is 1.90 bits per heavy atom. The van der Waals surface area contributed by atoms with E-state index in [2.05, 4.69) is 82.8 Å². The highest BCUT2D eigenvalue weighted by Crippen LogP contribution is 2.33. The topological polar surface area (TPSA) is 67.1 Å². The Bertz CT molecular complexity index is 824. The highest BCUT2D eigenvalue weighted by Gasteiger charge is 2.23. The Labute approximate surface area is 191 Å². The summed E-state index contributed by atoms with van der Waals surface area (Å²) in [5.74, 6) is 2.01. The molecule has 1 fully saturated rings. The minimum absolute atomic E-state index is 0.00443. The number of nitrogens with one attached hydrogen (secondary N) is 2. The fourth-order valence-corrected chi connectivity index (χ4v) is 4.77. The molecule has 1 aromatic heterocycles. The predicted molar refractivity (Wildman–Crippen MR) is 131 cm³/mol. The lowest BCUT2D eigenvalue weighted by Gasteiger charge is -2.24. The van der Waals surface area contributed by atoms with Crippen LogP contribution in [0.15, 0.2) is 40.5 Å². The molecule has 0 atom stereocenters. The van der Waals surface area contributed by atoms with Crippen LogP contribution in [0.5, 0.6) is 0 Å². The minimum Gasteiger partial charge on any atom is -0.357 e. The van der Waals surface area contributed by atoms with E-state index in [4.69, 9.17) is 4.99 Å². The van der Waals surface area contributed by atoms with Gasteiger partial charge in [-0.2, -0.15) is 0 Å². The Kier molecular flexibility index (Phi) is 8.81. The first-order valence-electron chi connectivity index (χ1n) is 11.6. The number of hydrogen-bond acceptors (Lipinski definition) is 4. The molecule has 31 heavy (non-hydrogen) atoms. The molecule has 0 spiro atoms. The summed E-state index contributed by atoms with van der Waals surface area (Å²) in [4.78, 5) is 4.86.